The molecule has 0 aromatic carbocycles. The smallest absolute Gasteiger partial charge is 0.240 e. The molecule has 2 atom stereocenters. The van der Waals surface area contributed by atoms with E-state index < -0.39 is 5.54 Å². The zero-order chi connectivity index (χ0) is 18.2. The molecule has 2 aliphatic rings. The number of carbonyl (C=O) groups is 1. The summed E-state index contributed by atoms with van der Waals surface area (Å²) in [5, 5.41) is 3.15. The molecule has 148 valence electrons. The third-order valence-corrected chi connectivity index (χ3v) is 6.86. The number of hydrogen-bond donors (Lipinski definition) is 2. The van der Waals surface area contributed by atoms with Gasteiger partial charge in [-0.2, -0.15) is 0 Å². The van der Waals surface area contributed by atoms with E-state index in [9.17, 15) is 4.79 Å². The number of rotatable bonds is 5. The predicted molar refractivity (Wildman–Crippen MR) is 106 cm³/mol. The van der Waals surface area contributed by atoms with Crippen molar-refractivity contribution in [1.29, 1.82) is 0 Å². The molecule has 5 heteroatoms. The molecule has 0 aromatic rings. The van der Waals surface area contributed by atoms with Gasteiger partial charge in [-0.25, -0.2) is 0 Å². The van der Waals surface area contributed by atoms with Crippen LogP contribution >= 0.6 is 12.4 Å². The summed E-state index contributed by atoms with van der Waals surface area (Å²) in [5.41, 5.74) is 5.75. The summed E-state index contributed by atoms with van der Waals surface area (Å²) in [7, 11) is 0. The maximum Gasteiger partial charge on any atom is 0.240 e. The Morgan fingerprint density at radius 2 is 1.76 bits per heavy atom. The van der Waals surface area contributed by atoms with Gasteiger partial charge in [0.15, 0.2) is 0 Å². The first-order valence-electron chi connectivity index (χ1n) is 9.71. The van der Waals surface area contributed by atoms with Gasteiger partial charge in [0, 0.05) is 25.0 Å². The van der Waals surface area contributed by atoms with Crippen LogP contribution in [0.1, 0.15) is 73.6 Å². The van der Waals surface area contributed by atoms with Crippen molar-refractivity contribution in [2.24, 2.45) is 28.4 Å². The lowest BCUT2D eigenvalue weighted by molar-refractivity contribution is -0.170. The molecule has 2 fully saturated rings. The first-order valence-corrected chi connectivity index (χ1v) is 9.71. The molecule has 0 heterocycles. The average molecular weight is 375 g/mol. The first kappa shape index (κ1) is 22.7. The Balaban J connectivity index is 0.00000312. The van der Waals surface area contributed by atoms with Crippen molar-refractivity contribution in [3.8, 4) is 0 Å². The van der Waals surface area contributed by atoms with E-state index in [1.807, 2.05) is 20.8 Å². The molecule has 0 aromatic heterocycles. The van der Waals surface area contributed by atoms with Crippen molar-refractivity contribution >= 4 is 18.3 Å². The molecule has 0 spiro atoms. The molecule has 0 aliphatic heterocycles. The Bertz CT molecular complexity index is 453. The van der Waals surface area contributed by atoms with Crippen LogP contribution in [0.2, 0.25) is 0 Å². The fourth-order valence-electron chi connectivity index (χ4n) is 4.45. The van der Waals surface area contributed by atoms with Crippen LogP contribution in [0.15, 0.2) is 0 Å². The summed E-state index contributed by atoms with van der Waals surface area (Å²) < 4.78 is 5.72. The Morgan fingerprint density at radius 1 is 1.20 bits per heavy atom. The molecule has 3 N–H and O–H groups in total. The Kier molecular flexibility index (Phi) is 7.40. The molecular weight excluding hydrogens is 336 g/mol. The highest BCUT2D eigenvalue weighted by atomic mass is 35.5. The summed E-state index contributed by atoms with van der Waals surface area (Å²) in [4.78, 5) is 12.7. The van der Waals surface area contributed by atoms with Gasteiger partial charge in [-0.1, -0.05) is 34.6 Å². The quantitative estimate of drug-likeness (QED) is 0.766. The number of ether oxygens (including phenoxy) is 1. The second-order valence-electron chi connectivity index (χ2n) is 9.63. The van der Waals surface area contributed by atoms with Gasteiger partial charge < -0.3 is 15.8 Å². The summed E-state index contributed by atoms with van der Waals surface area (Å²) in [6.07, 6.45) is 5.68. The van der Waals surface area contributed by atoms with E-state index in [4.69, 9.17) is 10.5 Å². The predicted octanol–water partition coefficient (Wildman–Crippen LogP) is 3.91. The summed E-state index contributed by atoms with van der Waals surface area (Å²) >= 11 is 0. The molecule has 2 unspecified atom stereocenters. The molecule has 1 amide bonds. The highest BCUT2D eigenvalue weighted by molar-refractivity contribution is 5.88. The summed E-state index contributed by atoms with van der Waals surface area (Å²) in [6.45, 7) is 14.5. The van der Waals surface area contributed by atoms with Crippen LogP contribution in [0, 0.1) is 22.7 Å². The van der Waals surface area contributed by atoms with Crippen LogP contribution in [-0.4, -0.2) is 30.7 Å². The van der Waals surface area contributed by atoms with E-state index in [1.165, 1.54) is 25.7 Å². The van der Waals surface area contributed by atoms with Gasteiger partial charge in [0.25, 0.3) is 0 Å². The van der Waals surface area contributed by atoms with Gasteiger partial charge in [0.05, 0.1) is 6.10 Å². The molecular formula is C20H39ClN2O2. The second-order valence-corrected chi connectivity index (χ2v) is 9.63. The Hall–Kier alpha value is -0.320. The molecule has 0 saturated heterocycles. The van der Waals surface area contributed by atoms with E-state index in [2.05, 4.69) is 26.1 Å². The van der Waals surface area contributed by atoms with Crippen LogP contribution in [0.25, 0.3) is 0 Å². The van der Waals surface area contributed by atoms with Crippen LogP contribution < -0.4 is 11.1 Å². The Morgan fingerprint density at radius 3 is 2.20 bits per heavy atom. The summed E-state index contributed by atoms with van der Waals surface area (Å²) in [5.74, 6) is 1.41. The minimum atomic E-state index is -0.796. The van der Waals surface area contributed by atoms with E-state index >= 15 is 0 Å². The van der Waals surface area contributed by atoms with E-state index in [0.717, 1.165) is 12.5 Å². The molecule has 2 rings (SSSR count). The maximum absolute atomic E-state index is 12.7. The fraction of sp³-hybridized carbons (Fsp3) is 0.950. The zero-order valence-electron chi connectivity index (χ0n) is 17.0. The van der Waals surface area contributed by atoms with E-state index in [1.54, 1.807) is 0 Å². The van der Waals surface area contributed by atoms with Crippen molar-refractivity contribution < 1.29 is 9.53 Å². The standard InChI is InChI=1S/C20H38N2O2.ClH/c1-7-24-16-12-20(21,19(16,5)6)17(23)22-13-14-8-10-15(11-9-14)18(2,3)4;/h14-16H,7-13,21H2,1-6H3,(H,22,23);1H. The minimum Gasteiger partial charge on any atom is -0.378 e. The lowest BCUT2D eigenvalue weighted by Crippen LogP contribution is -2.75. The molecule has 0 bridgehead atoms. The van der Waals surface area contributed by atoms with Gasteiger partial charge in [0.1, 0.15) is 5.54 Å². The molecule has 2 saturated carbocycles. The van der Waals surface area contributed by atoms with Crippen molar-refractivity contribution in [3.05, 3.63) is 0 Å². The van der Waals surface area contributed by atoms with Gasteiger partial charge in [-0.15, -0.1) is 12.4 Å². The number of nitrogens with one attached hydrogen (secondary N) is 1. The Labute approximate surface area is 160 Å². The van der Waals surface area contributed by atoms with Crippen molar-refractivity contribution in [2.75, 3.05) is 13.2 Å². The number of hydrogen-bond acceptors (Lipinski definition) is 3. The lowest BCUT2D eigenvalue weighted by Gasteiger charge is -2.57. The van der Waals surface area contributed by atoms with Crippen LogP contribution in [0.5, 0.6) is 0 Å². The number of carbonyl (C=O) groups excluding carboxylic acids is 1. The van der Waals surface area contributed by atoms with Crippen LogP contribution in [-0.2, 0) is 9.53 Å². The highest BCUT2D eigenvalue weighted by Crippen LogP contribution is 2.50. The molecule has 4 nitrogen and oxygen atoms in total. The van der Waals surface area contributed by atoms with Gasteiger partial charge in [0.2, 0.25) is 5.91 Å². The molecule has 2 aliphatic carbocycles. The van der Waals surface area contributed by atoms with E-state index in [0.29, 0.717) is 24.4 Å². The first-order chi connectivity index (χ1) is 11.0. The lowest BCUT2D eigenvalue weighted by atomic mass is 9.54. The summed E-state index contributed by atoms with van der Waals surface area (Å²) in [6, 6.07) is 0. The number of halogens is 1. The average Bonchev–Trinajstić information content (AvgIpc) is 2.51. The van der Waals surface area contributed by atoms with Crippen LogP contribution in [0.3, 0.4) is 0 Å². The van der Waals surface area contributed by atoms with Gasteiger partial charge >= 0.3 is 0 Å². The zero-order valence-corrected chi connectivity index (χ0v) is 17.8. The highest BCUT2D eigenvalue weighted by Gasteiger charge is 2.62. The van der Waals surface area contributed by atoms with E-state index in [-0.39, 0.29) is 29.8 Å². The monoisotopic (exact) mass is 374 g/mol. The van der Waals surface area contributed by atoms with Crippen molar-refractivity contribution in [3.63, 3.8) is 0 Å². The van der Waals surface area contributed by atoms with Gasteiger partial charge in [-0.05, 0) is 49.9 Å². The fourth-order valence-corrected chi connectivity index (χ4v) is 4.45. The topological polar surface area (TPSA) is 64.3 Å². The SMILES string of the molecule is CCOC1CC(N)(C(=O)NCC2CCC(C(C)(C)C)CC2)C1(C)C.Cl. The minimum absolute atomic E-state index is 0. The van der Waals surface area contributed by atoms with Crippen molar-refractivity contribution in [1.82, 2.24) is 5.32 Å². The van der Waals surface area contributed by atoms with Crippen molar-refractivity contribution in [2.45, 2.75) is 85.3 Å². The molecule has 25 heavy (non-hydrogen) atoms. The van der Waals surface area contributed by atoms with Crippen LogP contribution in [0.4, 0.5) is 0 Å². The van der Waals surface area contributed by atoms with Gasteiger partial charge in [-0.3, -0.25) is 4.79 Å². The third-order valence-electron chi connectivity index (χ3n) is 6.86. The number of nitrogens with two attached hydrogens (primary N) is 1. The number of amides is 1. The largest absolute Gasteiger partial charge is 0.378 e. The maximum atomic E-state index is 12.7. The third kappa shape index (κ3) is 4.51. The normalized spacial score (nSPS) is 34.6. The second kappa shape index (κ2) is 8.14. The molecule has 0 radical (unpaired) electrons.